The van der Waals surface area contributed by atoms with Crippen LogP contribution in [0.5, 0.6) is 0 Å². The highest BCUT2D eigenvalue weighted by atomic mass is 19.1. The molecular formula is C21H29FN4O4. The molecule has 0 saturated carbocycles. The maximum Gasteiger partial charge on any atom is 0.261 e. The standard InChI is InChI=1S/C19H23FN4O4.C2H6/c1-12-9-16(23-7-5-22(2)6-8-23)14(20)10-13(12)19(28)24(11-25)15-3-4-17(26)21-18(15)27;1-2/h9-11,15H,3-8H2,1-2H3,(H,21,26,27);1-2H3. The highest BCUT2D eigenvalue weighted by Gasteiger charge is 2.35. The van der Waals surface area contributed by atoms with Crippen molar-refractivity contribution in [1.82, 2.24) is 15.1 Å². The van der Waals surface area contributed by atoms with Crippen molar-refractivity contribution < 1.29 is 23.6 Å². The van der Waals surface area contributed by atoms with E-state index in [0.717, 1.165) is 24.1 Å². The smallest absolute Gasteiger partial charge is 0.261 e. The van der Waals surface area contributed by atoms with Crippen LogP contribution in [0.2, 0.25) is 0 Å². The largest absolute Gasteiger partial charge is 0.367 e. The van der Waals surface area contributed by atoms with Crippen LogP contribution in [0.25, 0.3) is 0 Å². The summed E-state index contributed by atoms with van der Waals surface area (Å²) in [6, 6.07) is 1.64. The number of halogens is 1. The predicted octanol–water partition coefficient (Wildman–Crippen LogP) is 1.32. The van der Waals surface area contributed by atoms with Crippen molar-refractivity contribution in [1.29, 1.82) is 0 Å². The number of amides is 4. The van der Waals surface area contributed by atoms with Crippen LogP contribution in [-0.4, -0.2) is 73.2 Å². The van der Waals surface area contributed by atoms with Crippen LogP contribution in [0, 0.1) is 12.7 Å². The number of aryl methyl sites for hydroxylation is 1. The van der Waals surface area contributed by atoms with Gasteiger partial charge < -0.3 is 9.80 Å². The van der Waals surface area contributed by atoms with Crippen LogP contribution >= 0.6 is 0 Å². The average molecular weight is 420 g/mol. The van der Waals surface area contributed by atoms with Gasteiger partial charge in [0.15, 0.2) is 0 Å². The number of carbonyl (C=O) groups is 4. The molecule has 1 aromatic carbocycles. The van der Waals surface area contributed by atoms with Gasteiger partial charge in [0.25, 0.3) is 5.91 Å². The summed E-state index contributed by atoms with van der Waals surface area (Å²) in [5.74, 6) is -2.46. The SMILES string of the molecule is CC.Cc1cc(N2CCN(C)CC2)c(F)cc1C(=O)N(C=O)C1CCC(=O)NC1=O. The molecule has 0 spiro atoms. The van der Waals surface area contributed by atoms with E-state index in [0.29, 0.717) is 24.3 Å². The molecule has 8 nitrogen and oxygen atoms in total. The van der Waals surface area contributed by atoms with Gasteiger partial charge in [-0.1, -0.05) is 13.8 Å². The Kier molecular flexibility index (Phi) is 8.05. The Balaban J connectivity index is 0.00000155. The first-order valence-electron chi connectivity index (χ1n) is 10.2. The van der Waals surface area contributed by atoms with Gasteiger partial charge in [-0.05, 0) is 38.1 Å². The second-order valence-electron chi connectivity index (χ2n) is 7.19. The summed E-state index contributed by atoms with van der Waals surface area (Å²) >= 11 is 0. The van der Waals surface area contributed by atoms with Crippen molar-refractivity contribution in [2.24, 2.45) is 0 Å². The summed E-state index contributed by atoms with van der Waals surface area (Å²) in [5.41, 5.74) is 0.951. The first-order valence-corrected chi connectivity index (χ1v) is 10.2. The molecule has 2 heterocycles. The van der Waals surface area contributed by atoms with Gasteiger partial charge in [0.1, 0.15) is 11.9 Å². The summed E-state index contributed by atoms with van der Waals surface area (Å²) in [5, 5.41) is 2.12. The summed E-state index contributed by atoms with van der Waals surface area (Å²) < 4.78 is 14.8. The van der Waals surface area contributed by atoms with Crippen LogP contribution < -0.4 is 10.2 Å². The van der Waals surface area contributed by atoms with Crippen LogP contribution in [-0.2, 0) is 14.4 Å². The zero-order chi connectivity index (χ0) is 22.4. The Morgan fingerprint density at radius 1 is 1.20 bits per heavy atom. The molecule has 0 aromatic heterocycles. The highest BCUT2D eigenvalue weighted by Crippen LogP contribution is 2.26. The number of rotatable bonds is 4. The lowest BCUT2D eigenvalue weighted by Crippen LogP contribution is -2.54. The van der Waals surface area contributed by atoms with Gasteiger partial charge in [-0.15, -0.1) is 0 Å². The minimum absolute atomic E-state index is 0.0205. The Labute approximate surface area is 176 Å². The van der Waals surface area contributed by atoms with E-state index < -0.39 is 29.6 Å². The van der Waals surface area contributed by atoms with E-state index in [9.17, 15) is 23.6 Å². The Bertz CT molecular complexity index is 821. The van der Waals surface area contributed by atoms with Gasteiger partial charge in [-0.2, -0.15) is 0 Å². The van der Waals surface area contributed by atoms with Crippen molar-refractivity contribution in [3.8, 4) is 0 Å². The molecule has 164 valence electrons. The highest BCUT2D eigenvalue weighted by molar-refractivity contribution is 6.07. The molecule has 4 amide bonds. The Hall–Kier alpha value is -2.81. The zero-order valence-corrected chi connectivity index (χ0v) is 17.9. The van der Waals surface area contributed by atoms with E-state index in [1.54, 1.807) is 13.0 Å². The Morgan fingerprint density at radius 2 is 1.83 bits per heavy atom. The molecule has 1 aromatic rings. The fourth-order valence-corrected chi connectivity index (χ4v) is 3.54. The van der Waals surface area contributed by atoms with E-state index >= 15 is 0 Å². The third kappa shape index (κ3) is 5.02. The molecule has 2 aliphatic rings. The molecule has 30 heavy (non-hydrogen) atoms. The van der Waals surface area contributed by atoms with Gasteiger partial charge in [-0.3, -0.25) is 29.4 Å². The van der Waals surface area contributed by atoms with Crippen molar-refractivity contribution in [2.75, 3.05) is 38.1 Å². The number of hydrogen-bond acceptors (Lipinski definition) is 6. The minimum atomic E-state index is -1.08. The van der Waals surface area contributed by atoms with E-state index in [-0.39, 0.29) is 24.8 Å². The van der Waals surface area contributed by atoms with E-state index in [2.05, 4.69) is 10.2 Å². The predicted molar refractivity (Wildman–Crippen MR) is 111 cm³/mol. The number of piperidine rings is 1. The number of likely N-dealkylation sites (N-methyl/N-ethyl adjacent to an activating group) is 1. The molecular weight excluding hydrogens is 391 g/mol. The third-order valence-electron chi connectivity index (χ3n) is 5.26. The first kappa shape index (κ1) is 23.5. The van der Waals surface area contributed by atoms with Gasteiger partial charge in [0.2, 0.25) is 18.2 Å². The first-order chi connectivity index (χ1) is 14.3. The number of benzene rings is 1. The molecule has 9 heteroatoms. The van der Waals surface area contributed by atoms with Crippen molar-refractivity contribution in [3.05, 3.63) is 29.1 Å². The molecule has 0 radical (unpaired) electrons. The molecule has 2 saturated heterocycles. The van der Waals surface area contributed by atoms with Crippen LogP contribution in [0.1, 0.15) is 42.6 Å². The Morgan fingerprint density at radius 3 is 2.40 bits per heavy atom. The summed E-state index contributed by atoms with van der Waals surface area (Å²) in [6.07, 6.45) is 0.341. The molecule has 1 unspecified atom stereocenters. The van der Waals surface area contributed by atoms with Crippen molar-refractivity contribution >= 4 is 29.8 Å². The summed E-state index contributed by atoms with van der Waals surface area (Å²) in [4.78, 5) is 52.5. The van der Waals surface area contributed by atoms with Crippen LogP contribution in [0.4, 0.5) is 10.1 Å². The lowest BCUT2D eigenvalue weighted by molar-refractivity contribution is -0.139. The number of carbonyl (C=O) groups excluding carboxylic acids is 4. The van der Waals surface area contributed by atoms with Crippen LogP contribution in [0.15, 0.2) is 12.1 Å². The fourth-order valence-electron chi connectivity index (χ4n) is 3.54. The number of anilines is 1. The normalized spacial score (nSPS) is 19.5. The maximum absolute atomic E-state index is 14.8. The van der Waals surface area contributed by atoms with E-state index in [4.69, 9.17) is 0 Å². The number of piperazine rings is 1. The van der Waals surface area contributed by atoms with E-state index in [1.807, 2.05) is 25.8 Å². The van der Waals surface area contributed by atoms with Crippen molar-refractivity contribution in [3.63, 3.8) is 0 Å². The van der Waals surface area contributed by atoms with Crippen LogP contribution in [0.3, 0.4) is 0 Å². The van der Waals surface area contributed by atoms with Crippen molar-refractivity contribution in [2.45, 2.75) is 39.7 Å². The molecule has 3 rings (SSSR count). The fraction of sp³-hybridized carbons (Fsp3) is 0.524. The lowest BCUT2D eigenvalue weighted by Gasteiger charge is -2.34. The minimum Gasteiger partial charge on any atom is -0.367 e. The molecule has 0 aliphatic carbocycles. The van der Waals surface area contributed by atoms with Gasteiger partial charge in [0, 0.05) is 38.2 Å². The van der Waals surface area contributed by atoms with Gasteiger partial charge in [0.05, 0.1) is 5.69 Å². The second kappa shape index (κ2) is 10.3. The monoisotopic (exact) mass is 420 g/mol. The molecule has 1 N–H and O–H groups in total. The number of imide groups is 2. The molecule has 1 atom stereocenters. The third-order valence-corrected chi connectivity index (χ3v) is 5.26. The second-order valence-corrected chi connectivity index (χ2v) is 7.19. The molecule has 2 fully saturated rings. The topological polar surface area (TPSA) is 90.0 Å². The average Bonchev–Trinajstić information content (AvgIpc) is 2.73. The van der Waals surface area contributed by atoms with Gasteiger partial charge in [-0.25, -0.2) is 4.39 Å². The number of hydrogen-bond donors (Lipinski definition) is 1. The lowest BCUT2D eigenvalue weighted by atomic mass is 10.0. The molecule has 2 aliphatic heterocycles. The summed E-state index contributed by atoms with van der Waals surface area (Å²) in [6.45, 7) is 8.65. The summed E-state index contributed by atoms with van der Waals surface area (Å²) in [7, 11) is 2.00. The number of nitrogens with zero attached hydrogens (tertiary/aromatic N) is 3. The van der Waals surface area contributed by atoms with Gasteiger partial charge >= 0.3 is 0 Å². The number of nitrogens with one attached hydrogen (secondary N) is 1. The maximum atomic E-state index is 14.8. The molecule has 0 bridgehead atoms. The zero-order valence-electron chi connectivity index (χ0n) is 17.9. The quantitative estimate of drug-likeness (QED) is 0.584. The van der Waals surface area contributed by atoms with E-state index in [1.165, 1.54) is 0 Å².